The van der Waals surface area contributed by atoms with Crippen LogP contribution in [0.3, 0.4) is 0 Å². The molecule has 1 heterocycles. The van der Waals surface area contributed by atoms with Gasteiger partial charge in [-0.1, -0.05) is 13.3 Å². The van der Waals surface area contributed by atoms with Crippen LogP contribution in [0.1, 0.15) is 38.3 Å². The van der Waals surface area contributed by atoms with Crippen LogP contribution in [0.15, 0.2) is 6.20 Å². The molecule has 0 unspecified atom stereocenters. The molecule has 1 amide bonds. The zero-order valence-corrected chi connectivity index (χ0v) is 10.5. The molecular weight excluding hydrogens is 240 g/mol. The van der Waals surface area contributed by atoms with Crippen LogP contribution in [0.5, 0.6) is 0 Å². The lowest BCUT2D eigenvalue weighted by Gasteiger charge is -2.39. The molecule has 5 nitrogen and oxygen atoms in total. The average Bonchev–Trinajstić information content (AvgIpc) is 2.27. The quantitative estimate of drug-likeness (QED) is 0.888. The summed E-state index contributed by atoms with van der Waals surface area (Å²) in [6.45, 7) is 2.42. The Morgan fingerprint density at radius 2 is 2.29 bits per heavy atom. The summed E-state index contributed by atoms with van der Waals surface area (Å²) >= 11 is 5.53. The van der Waals surface area contributed by atoms with Crippen LogP contribution in [-0.2, 0) is 11.3 Å². The van der Waals surface area contributed by atoms with Crippen molar-refractivity contribution in [2.45, 2.75) is 39.2 Å². The lowest BCUT2D eigenvalue weighted by molar-refractivity contribution is -0.136. The van der Waals surface area contributed by atoms with Crippen molar-refractivity contribution in [2.24, 2.45) is 5.41 Å². The van der Waals surface area contributed by atoms with E-state index in [-0.39, 0.29) is 16.6 Å². The van der Waals surface area contributed by atoms with Crippen LogP contribution in [0.25, 0.3) is 0 Å². The summed E-state index contributed by atoms with van der Waals surface area (Å²) in [6.07, 6.45) is 5.53. The van der Waals surface area contributed by atoms with Gasteiger partial charge in [0.15, 0.2) is 0 Å². The van der Waals surface area contributed by atoms with Gasteiger partial charge in [-0.2, -0.15) is 0 Å². The van der Waals surface area contributed by atoms with Crippen LogP contribution >= 0.6 is 11.6 Å². The minimum absolute atomic E-state index is 0.114. The lowest BCUT2D eigenvalue weighted by atomic mass is 9.66. The Morgan fingerprint density at radius 1 is 1.53 bits per heavy atom. The van der Waals surface area contributed by atoms with Gasteiger partial charge in [0.2, 0.25) is 11.2 Å². The Hall–Kier alpha value is -1.23. The number of nitrogens with one attached hydrogen (secondary N) is 1. The van der Waals surface area contributed by atoms with E-state index in [1.165, 1.54) is 6.20 Å². The third-order valence-electron chi connectivity index (χ3n) is 3.48. The molecule has 1 aromatic heterocycles. The molecule has 1 saturated carbocycles. The topological polar surface area (TPSA) is 67.8 Å². The summed E-state index contributed by atoms with van der Waals surface area (Å²) in [6, 6.07) is 0. The van der Waals surface area contributed by atoms with E-state index in [2.05, 4.69) is 27.4 Å². The second-order valence-corrected chi connectivity index (χ2v) is 4.73. The van der Waals surface area contributed by atoms with Crippen molar-refractivity contribution in [1.29, 1.82) is 0 Å². The third kappa shape index (κ3) is 2.54. The zero-order chi connectivity index (χ0) is 12.3. The van der Waals surface area contributed by atoms with Gasteiger partial charge in [0.25, 0.3) is 0 Å². The van der Waals surface area contributed by atoms with Gasteiger partial charge in [-0.05, 0) is 30.9 Å². The van der Waals surface area contributed by atoms with Gasteiger partial charge in [0.1, 0.15) is 5.69 Å². The molecule has 0 bridgehead atoms. The maximum atomic E-state index is 12.0. The van der Waals surface area contributed by atoms with Gasteiger partial charge in [0.05, 0.1) is 12.7 Å². The number of amides is 1. The van der Waals surface area contributed by atoms with Gasteiger partial charge >= 0.3 is 0 Å². The number of nitrogens with zero attached hydrogens (tertiary/aromatic N) is 3. The molecule has 0 spiro atoms. The number of hydrogen-bond donors (Lipinski definition) is 1. The van der Waals surface area contributed by atoms with Gasteiger partial charge in [-0.3, -0.25) is 4.79 Å². The van der Waals surface area contributed by atoms with E-state index in [0.29, 0.717) is 12.2 Å². The molecule has 1 aliphatic carbocycles. The van der Waals surface area contributed by atoms with E-state index in [4.69, 9.17) is 11.6 Å². The van der Waals surface area contributed by atoms with Gasteiger partial charge in [-0.25, -0.2) is 4.98 Å². The minimum atomic E-state index is -0.146. The molecule has 0 saturated heterocycles. The van der Waals surface area contributed by atoms with Gasteiger partial charge in [0, 0.05) is 5.41 Å². The maximum absolute atomic E-state index is 12.0. The van der Waals surface area contributed by atoms with Crippen LogP contribution < -0.4 is 5.32 Å². The molecule has 0 aliphatic heterocycles. The fraction of sp³-hybridized carbons (Fsp3) is 0.636. The van der Waals surface area contributed by atoms with Gasteiger partial charge < -0.3 is 5.32 Å². The summed E-state index contributed by atoms with van der Waals surface area (Å²) in [5.41, 5.74) is 0.473. The minimum Gasteiger partial charge on any atom is -0.350 e. The van der Waals surface area contributed by atoms with E-state index in [1.54, 1.807) is 0 Å². The predicted molar refractivity (Wildman–Crippen MR) is 63.3 cm³/mol. The van der Waals surface area contributed by atoms with E-state index in [0.717, 1.165) is 25.7 Å². The summed E-state index contributed by atoms with van der Waals surface area (Å²) in [4.78, 5) is 15.8. The SMILES string of the molecule is CCC1(C(=O)NCc2cnc(Cl)nn2)CCC1. The number of rotatable bonds is 4. The normalized spacial score (nSPS) is 17.3. The molecule has 2 rings (SSSR count). The monoisotopic (exact) mass is 254 g/mol. The first-order valence-electron chi connectivity index (χ1n) is 5.79. The maximum Gasteiger partial charge on any atom is 0.242 e. The molecular formula is C11H15ClN4O. The first-order chi connectivity index (χ1) is 8.16. The molecule has 0 radical (unpaired) electrons. The van der Waals surface area contributed by atoms with Crippen LogP contribution in [0, 0.1) is 5.41 Å². The van der Waals surface area contributed by atoms with Gasteiger partial charge in [-0.15, -0.1) is 10.2 Å². The Kier molecular flexibility index (Phi) is 3.57. The fourth-order valence-electron chi connectivity index (χ4n) is 2.07. The van der Waals surface area contributed by atoms with E-state index >= 15 is 0 Å². The highest BCUT2D eigenvalue weighted by Gasteiger charge is 2.41. The van der Waals surface area contributed by atoms with E-state index < -0.39 is 0 Å². The predicted octanol–water partition coefficient (Wildman–Crippen LogP) is 1.72. The molecule has 6 heteroatoms. The summed E-state index contributed by atoms with van der Waals surface area (Å²) < 4.78 is 0. The Bertz CT molecular complexity index is 397. The Morgan fingerprint density at radius 3 is 2.76 bits per heavy atom. The van der Waals surface area contributed by atoms with Crippen molar-refractivity contribution >= 4 is 17.5 Å². The highest BCUT2D eigenvalue weighted by molar-refractivity contribution is 6.28. The van der Waals surface area contributed by atoms with Crippen LogP contribution in [0.4, 0.5) is 0 Å². The summed E-state index contributed by atoms with van der Waals surface area (Å²) in [5.74, 6) is 0.114. The van der Waals surface area contributed by atoms with Crippen molar-refractivity contribution in [2.75, 3.05) is 0 Å². The van der Waals surface area contributed by atoms with Crippen molar-refractivity contribution in [1.82, 2.24) is 20.5 Å². The average molecular weight is 255 g/mol. The highest BCUT2D eigenvalue weighted by atomic mass is 35.5. The van der Waals surface area contributed by atoms with Crippen LogP contribution in [-0.4, -0.2) is 21.1 Å². The summed E-state index contributed by atoms with van der Waals surface area (Å²) in [5, 5.41) is 10.5. The molecule has 0 atom stereocenters. The Balaban J connectivity index is 1.90. The molecule has 1 N–H and O–H groups in total. The standard InChI is InChI=1S/C11H15ClN4O/c1-2-11(4-3-5-11)9(17)13-6-8-7-14-10(12)16-15-8/h7H,2-6H2,1H3,(H,13,17). The molecule has 1 aliphatic rings. The van der Waals surface area contributed by atoms with Crippen molar-refractivity contribution in [3.63, 3.8) is 0 Å². The van der Waals surface area contributed by atoms with E-state index in [9.17, 15) is 4.79 Å². The molecule has 1 aromatic rings. The largest absolute Gasteiger partial charge is 0.350 e. The second-order valence-electron chi connectivity index (χ2n) is 4.39. The smallest absolute Gasteiger partial charge is 0.242 e. The van der Waals surface area contributed by atoms with Crippen molar-refractivity contribution in [3.05, 3.63) is 17.2 Å². The third-order valence-corrected chi connectivity index (χ3v) is 3.65. The van der Waals surface area contributed by atoms with Crippen LogP contribution in [0.2, 0.25) is 5.28 Å². The molecule has 0 aromatic carbocycles. The fourth-order valence-corrected chi connectivity index (χ4v) is 2.16. The molecule has 17 heavy (non-hydrogen) atoms. The van der Waals surface area contributed by atoms with Crippen molar-refractivity contribution < 1.29 is 4.79 Å². The number of carbonyl (C=O) groups excluding carboxylic acids is 1. The number of halogens is 1. The first kappa shape index (κ1) is 12.2. The molecule has 92 valence electrons. The summed E-state index contributed by atoms with van der Waals surface area (Å²) in [7, 11) is 0. The number of aromatic nitrogens is 3. The first-order valence-corrected chi connectivity index (χ1v) is 6.16. The van der Waals surface area contributed by atoms with E-state index in [1.807, 2.05) is 0 Å². The number of carbonyl (C=O) groups is 1. The zero-order valence-electron chi connectivity index (χ0n) is 9.74. The highest BCUT2D eigenvalue weighted by Crippen LogP contribution is 2.43. The Labute approximate surface area is 105 Å². The number of hydrogen-bond acceptors (Lipinski definition) is 4. The second kappa shape index (κ2) is 4.96. The lowest BCUT2D eigenvalue weighted by Crippen LogP contribution is -2.45. The molecule has 1 fully saturated rings. The van der Waals surface area contributed by atoms with Crippen molar-refractivity contribution in [3.8, 4) is 0 Å².